The van der Waals surface area contributed by atoms with Crippen LogP contribution in [0.2, 0.25) is 0 Å². The molecule has 0 N–H and O–H groups in total. The third-order valence-electron chi connectivity index (χ3n) is 3.06. The predicted octanol–water partition coefficient (Wildman–Crippen LogP) is 0.726. The van der Waals surface area contributed by atoms with Gasteiger partial charge in [-0.15, -0.1) is 0 Å². The van der Waals surface area contributed by atoms with Crippen molar-refractivity contribution in [2.45, 2.75) is 25.2 Å². The molecule has 0 saturated carbocycles. The van der Waals surface area contributed by atoms with Crippen molar-refractivity contribution in [2.75, 3.05) is 33.9 Å². The molecule has 0 aliphatic carbocycles. The summed E-state index contributed by atoms with van der Waals surface area (Å²) in [6, 6.07) is -1.93. The Kier molecular flexibility index (Phi) is 4.37. The minimum absolute atomic E-state index is 0.180. The molecule has 1 aliphatic rings. The Morgan fingerprint density at radius 1 is 1.41 bits per heavy atom. The third kappa shape index (κ3) is 3.32. The van der Waals surface area contributed by atoms with Gasteiger partial charge in [0.25, 0.3) is 0 Å². The van der Waals surface area contributed by atoms with Crippen LogP contribution in [-0.2, 0) is 9.53 Å². The lowest BCUT2D eigenvalue weighted by Gasteiger charge is -2.44. The van der Waals surface area contributed by atoms with Crippen LogP contribution in [0.25, 0.3) is 0 Å². The van der Waals surface area contributed by atoms with Gasteiger partial charge in [-0.1, -0.05) is 0 Å². The van der Waals surface area contributed by atoms with E-state index in [9.17, 15) is 18.0 Å². The van der Waals surface area contributed by atoms with E-state index in [0.29, 0.717) is 6.54 Å². The SMILES string of the molecule is COCC(=O)N1CC(C)N(C)C(C(F)(F)F)C1. The fourth-order valence-electron chi connectivity index (χ4n) is 1.92. The lowest BCUT2D eigenvalue weighted by molar-refractivity contribution is -0.201. The number of rotatable bonds is 2. The summed E-state index contributed by atoms with van der Waals surface area (Å²) >= 11 is 0. The van der Waals surface area contributed by atoms with E-state index in [1.807, 2.05) is 0 Å². The van der Waals surface area contributed by atoms with Crippen molar-refractivity contribution in [3.63, 3.8) is 0 Å². The second-order valence-electron chi connectivity index (χ2n) is 4.30. The lowest BCUT2D eigenvalue weighted by Crippen LogP contribution is -2.62. The molecular formula is C10H17F3N2O2. The molecule has 2 atom stereocenters. The molecule has 0 aromatic rings. The van der Waals surface area contributed by atoms with Gasteiger partial charge in [0.1, 0.15) is 12.6 Å². The highest BCUT2D eigenvalue weighted by Crippen LogP contribution is 2.29. The Balaban J connectivity index is 2.77. The van der Waals surface area contributed by atoms with E-state index in [-0.39, 0.29) is 19.2 Å². The lowest BCUT2D eigenvalue weighted by atomic mass is 10.1. The number of halogens is 3. The summed E-state index contributed by atoms with van der Waals surface area (Å²) in [5, 5.41) is 0. The molecular weight excluding hydrogens is 237 g/mol. The predicted molar refractivity (Wildman–Crippen MR) is 55.5 cm³/mol. The number of alkyl halides is 3. The number of hydrogen-bond acceptors (Lipinski definition) is 3. The van der Waals surface area contributed by atoms with Gasteiger partial charge in [-0.3, -0.25) is 9.69 Å². The Labute approximate surface area is 98.3 Å². The van der Waals surface area contributed by atoms with Gasteiger partial charge < -0.3 is 9.64 Å². The van der Waals surface area contributed by atoms with Crippen LogP contribution >= 0.6 is 0 Å². The summed E-state index contributed by atoms with van der Waals surface area (Å²) in [5.41, 5.74) is 0. The molecule has 7 heteroatoms. The molecule has 100 valence electrons. The minimum Gasteiger partial charge on any atom is -0.375 e. The second-order valence-corrected chi connectivity index (χ2v) is 4.30. The molecule has 0 spiro atoms. The van der Waals surface area contributed by atoms with E-state index in [1.54, 1.807) is 6.92 Å². The molecule has 1 rings (SSSR count). The van der Waals surface area contributed by atoms with E-state index in [2.05, 4.69) is 4.74 Å². The van der Waals surface area contributed by atoms with Crippen molar-refractivity contribution in [3.8, 4) is 0 Å². The van der Waals surface area contributed by atoms with Crippen molar-refractivity contribution < 1.29 is 22.7 Å². The quantitative estimate of drug-likeness (QED) is 0.728. The number of carbonyl (C=O) groups excluding carboxylic acids is 1. The number of piperazine rings is 1. The molecule has 2 unspecified atom stereocenters. The van der Waals surface area contributed by atoms with Crippen LogP contribution in [0.4, 0.5) is 13.2 Å². The smallest absolute Gasteiger partial charge is 0.375 e. The average Bonchev–Trinajstić information content (AvgIpc) is 2.20. The van der Waals surface area contributed by atoms with Crippen molar-refractivity contribution in [2.24, 2.45) is 0 Å². The maximum atomic E-state index is 12.8. The summed E-state index contributed by atoms with van der Waals surface area (Å²) in [6.45, 7) is 1.46. The van der Waals surface area contributed by atoms with E-state index >= 15 is 0 Å². The molecule has 0 bridgehead atoms. The zero-order valence-corrected chi connectivity index (χ0v) is 10.1. The first-order valence-electron chi connectivity index (χ1n) is 5.32. The van der Waals surface area contributed by atoms with Crippen LogP contribution in [0.5, 0.6) is 0 Å². The monoisotopic (exact) mass is 254 g/mol. The fourth-order valence-corrected chi connectivity index (χ4v) is 1.92. The van der Waals surface area contributed by atoms with Crippen molar-refractivity contribution in [1.29, 1.82) is 0 Å². The largest absolute Gasteiger partial charge is 0.405 e. The molecule has 1 aliphatic heterocycles. The molecule has 0 aromatic carbocycles. The topological polar surface area (TPSA) is 32.8 Å². The molecule has 1 amide bonds. The summed E-state index contributed by atoms with van der Waals surface area (Å²) < 4.78 is 43.0. The van der Waals surface area contributed by atoms with Gasteiger partial charge >= 0.3 is 6.18 Å². The Bertz CT molecular complexity index is 283. The van der Waals surface area contributed by atoms with Crippen LogP contribution in [0, 0.1) is 0 Å². The number of amides is 1. The fraction of sp³-hybridized carbons (Fsp3) is 0.900. The van der Waals surface area contributed by atoms with Crippen LogP contribution in [0.15, 0.2) is 0 Å². The summed E-state index contributed by atoms with van der Waals surface area (Å²) in [4.78, 5) is 14.0. The highest BCUT2D eigenvalue weighted by Gasteiger charge is 2.47. The van der Waals surface area contributed by atoms with E-state index < -0.39 is 18.1 Å². The molecule has 1 saturated heterocycles. The van der Waals surface area contributed by atoms with Gasteiger partial charge in [-0.2, -0.15) is 13.2 Å². The molecule has 1 heterocycles. The number of carbonyl (C=O) groups is 1. The third-order valence-corrected chi connectivity index (χ3v) is 3.06. The average molecular weight is 254 g/mol. The number of ether oxygens (including phenoxy) is 1. The molecule has 0 radical (unpaired) electrons. The highest BCUT2D eigenvalue weighted by molar-refractivity contribution is 5.77. The number of methoxy groups -OCH3 is 1. The Morgan fingerprint density at radius 3 is 2.47 bits per heavy atom. The van der Waals surface area contributed by atoms with Gasteiger partial charge in [-0.25, -0.2) is 0 Å². The summed E-state index contributed by atoms with van der Waals surface area (Å²) in [5.74, 6) is -0.401. The van der Waals surface area contributed by atoms with Crippen molar-refractivity contribution in [3.05, 3.63) is 0 Å². The summed E-state index contributed by atoms with van der Waals surface area (Å²) in [7, 11) is 2.78. The van der Waals surface area contributed by atoms with Gasteiger partial charge in [0.15, 0.2) is 0 Å². The van der Waals surface area contributed by atoms with Crippen LogP contribution in [0.1, 0.15) is 6.92 Å². The Hall–Kier alpha value is -0.820. The molecule has 1 fully saturated rings. The van der Waals surface area contributed by atoms with E-state index in [1.165, 1.54) is 24.0 Å². The van der Waals surface area contributed by atoms with E-state index in [4.69, 9.17) is 0 Å². The standard InChI is InChI=1S/C10H17F3N2O2/c1-7-4-15(9(16)6-17-3)5-8(14(7)2)10(11,12)13/h7-8H,4-6H2,1-3H3. The van der Waals surface area contributed by atoms with Crippen LogP contribution in [-0.4, -0.2) is 67.8 Å². The van der Waals surface area contributed by atoms with Crippen molar-refractivity contribution in [1.82, 2.24) is 9.80 Å². The number of hydrogen-bond donors (Lipinski definition) is 0. The van der Waals surface area contributed by atoms with Crippen molar-refractivity contribution >= 4 is 5.91 Å². The second kappa shape index (κ2) is 5.22. The van der Waals surface area contributed by atoms with Gasteiger partial charge in [0.2, 0.25) is 5.91 Å². The zero-order chi connectivity index (χ0) is 13.2. The molecule has 4 nitrogen and oxygen atoms in total. The van der Waals surface area contributed by atoms with Crippen LogP contribution < -0.4 is 0 Å². The maximum Gasteiger partial charge on any atom is 0.405 e. The van der Waals surface area contributed by atoms with Gasteiger partial charge in [0, 0.05) is 26.2 Å². The van der Waals surface area contributed by atoms with Gasteiger partial charge in [0.05, 0.1) is 0 Å². The first kappa shape index (κ1) is 14.2. The van der Waals surface area contributed by atoms with Gasteiger partial charge in [-0.05, 0) is 14.0 Å². The van der Waals surface area contributed by atoms with E-state index in [0.717, 1.165) is 0 Å². The number of nitrogens with zero attached hydrogens (tertiary/aromatic N) is 2. The first-order valence-corrected chi connectivity index (χ1v) is 5.32. The molecule has 0 aromatic heterocycles. The number of likely N-dealkylation sites (N-methyl/N-ethyl adjacent to an activating group) is 1. The first-order chi connectivity index (χ1) is 7.77. The van der Waals surface area contributed by atoms with Crippen LogP contribution in [0.3, 0.4) is 0 Å². The summed E-state index contributed by atoms with van der Waals surface area (Å²) in [6.07, 6.45) is -4.32. The minimum atomic E-state index is -4.32. The molecule has 17 heavy (non-hydrogen) atoms. The zero-order valence-electron chi connectivity index (χ0n) is 10.1. The highest BCUT2D eigenvalue weighted by atomic mass is 19.4. The normalized spacial score (nSPS) is 27.3. The Morgan fingerprint density at radius 2 is 2.00 bits per heavy atom. The maximum absolute atomic E-state index is 12.8.